The Kier molecular flexibility index (Phi) is 4.67. The number of phenolic OH excluding ortho intramolecular Hbond substituents is 1. The summed E-state index contributed by atoms with van der Waals surface area (Å²) in [6.45, 7) is 0.977. The van der Waals surface area contributed by atoms with Crippen LogP contribution in [0.4, 0.5) is 0 Å². The number of aromatic hydroxyl groups is 1. The topological polar surface area (TPSA) is 150 Å². The second kappa shape index (κ2) is 6.62. The molecule has 1 saturated heterocycles. The van der Waals surface area contributed by atoms with Crippen molar-refractivity contribution in [3.05, 3.63) is 34.2 Å². The zero-order valence-corrected chi connectivity index (χ0v) is 13.2. The third-order valence-corrected chi connectivity index (χ3v) is 4.01. The maximum absolute atomic E-state index is 11.9. The Morgan fingerprint density at radius 2 is 1.84 bits per heavy atom. The molecule has 5 N–H and O–H groups in total. The average molecular weight is 354 g/mol. The van der Waals surface area contributed by atoms with Crippen molar-refractivity contribution in [3.63, 3.8) is 0 Å². The molecule has 0 bridgehead atoms. The number of rotatable bonds is 3. The van der Waals surface area contributed by atoms with Crippen molar-refractivity contribution < 1.29 is 39.4 Å². The molecular weight excluding hydrogens is 336 g/mol. The van der Waals surface area contributed by atoms with Crippen LogP contribution in [0.2, 0.25) is 0 Å². The van der Waals surface area contributed by atoms with Gasteiger partial charge in [0.2, 0.25) is 6.29 Å². The SMILES string of the molecule is Cc1cc(=O)c2c(O)cc(OC3OC(CO)C(O)C(O)C3O)cc2o1. The predicted molar refractivity (Wildman–Crippen MR) is 83.3 cm³/mol. The molecular formula is C16H18O9. The van der Waals surface area contributed by atoms with Crippen LogP contribution in [0.5, 0.6) is 11.5 Å². The van der Waals surface area contributed by atoms with Gasteiger partial charge in [-0.1, -0.05) is 0 Å². The minimum atomic E-state index is -1.60. The maximum Gasteiger partial charge on any atom is 0.229 e. The van der Waals surface area contributed by atoms with Gasteiger partial charge in [0.15, 0.2) is 5.43 Å². The van der Waals surface area contributed by atoms with E-state index in [1.165, 1.54) is 12.1 Å². The first-order valence-corrected chi connectivity index (χ1v) is 7.56. The van der Waals surface area contributed by atoms with E-state index in [0.29, 0.717) is 5.76 Å². The fourth-order valence-corrected chi connectivity index (χ4v) is 2.73. The minimum Gasteiger partial charge on any atom is -0.507 e. The van der Waals surface area contributed by atoms with E-state index in [2.05, 4.69) is 0 Å². The highest BCUT2D eigenvalue weighted by Crippen LogP contribution is 2.31. The lowest BCUT2D eigenvalue weighted by atomic mass is 9.99. The Morgan fingerprint density at radius 1 is 1.12 bits per heavy atom. The molecule has 9 nitrogen and oxygen atoms in total. The molecule has 1 aromatic heterocycles. The first-order chi connectivity index (χ1) is 11.8. The summed E-state index contributed by atoms with van der Waals surface area (Å²) in [6.07, 6.45) is -7.24. The number of hydrogen-bond donors (Lipinski definition) is 5. The normalized spacial score (nSPS) is 29.7. The van der Waals surface area contributed by atoms with Gasteiger partial charge in [0.05, 0.1) is 6.61 Å². The summed E-state index contributed by atoms with van der Waals surface area (Å²) in [4.78, 5) is 11.9. The molecule has 1 aliphatic rings. The predicted octanol–water partition coefficient (Wildman–Crippen LogP) is -1.01. The van der Waals surface area contributed by atoms with E-state index in [1.54, 1.807) is 6.92 Å². The molecule has 0 amide bonds. The maximum atomic E-state index is 11.9. The van der Waals surface area contributed by atoms with Gasteiger partial charge >= 0.3 is 0 Å². The zero-order chi connectivity index (χ0) is 18.3. The molecule has 9 heteroatoms. The molecule has 1 aliphatic heterocycles. The second-order valence-corrected chi connectivity index (χ2v) is 5.85. The van der Waals surface area contributed by atoms with Crippen molar-refractivity contribution in [2.75, 3.05) is 6.61 Å². The number of ether oxygens (including phenoxy) is 2. The summed E-state index contributed by atoms with van der Waals surface area (Å²) in [7, 11) is 0. The number of aliphatic hydroxyl groups is 4. The van der Waals surface area contributed by atoms with Crippen LogP contribution in [0.25, 0.3) is 11.0 Å². The van der Waals surface area contributed by atoms with E-state index >= 15 is 0 Å². The third kappa shape index (κ3) is 3.20. The molecule has 136 valence electrons. The van der Waals surface area contributed by atoms with Crippen LogP contribution in [-0.2, 0) is 4.74 Å². The summed E-state index contributed by atoms with van der Waals surface area (Å²) < 4.78 is 16.0. The van der Waals surface area contributed by atoms with E-state index in [4.69, 9.17) is 13.9 Å². The molecule has 1 aromatic carbocycles. The van der Waals surface area contributed by atoms with Crippen molar-refractivity contribution in [2.45, 2.75) is 37.6 Å². The van der Waals surface area contributed by atoms with Crippen molar-refractivity contribution in [1.29, 1.82) is 0 Å². The average Bonchev–Trinajstić information content (AvgIpc) is 2.54. The fraction of sp³-hybridized carbons (Fsp3) is 0.438. The van der Waals surface area contributed by atoms with E-state index in [-0.39, 0.29) is 22.5 Å². The molecule has 0 saturated carbocycles. The van der Waals surface area contributed by atoms with Gasteiger partial charge in [-0.2, -0.15) is 0 Å². The number of hydrogen-bond acceptors (Lipinski definition) is 9. The van der Waals surface area contributed by atoms with Gasteiger partial charge < -0.3 is 39.4 Å². The largest absolute Gasteiger partial charge is 0.507 e. The molecule has 1 fully saturated rings. The van der Waals surface area contributed by atoms with Crippen LogP contribution in [-0.4, -0.2) is 62.8 Å². The molecule has 5 unspecified atom stereocenters. The van der Waals surface area contributed by atoms with Gasteiger partial charge in [0.1, 0.15) is 52.6 Å². The highest BCUT2D eigenvalue weighted by molar-refractivity contribution is 5.84. The summed E-state index contributed by atoms with van der Waals surface area (Å²) in [5.41, 5.74) is -0.347. The smallest absolute Gasteiger partial charge is 0.229 e. The lowest BCUT2D eigenvalue weighted by Crippen LogP contribution is -2.60. The summed E-state index contributed by atoms with van der Waals surface area (Å²) in [6, 6.07) is 3.70. The Bertz CT molecular complexity index is 828. The Labute approximate surface area is 141 Å². The highest BCUT2D eigenvalue weighted by atomic mass is 16.7. The number of aryl methyl sites for hydroxylation is 1. The second-order valence-electron chi connectivity index (χ2n) is 5.85. The van der Waals surface area contributed by atoms with E-state index < -0.39 is 42.7 Å². The lowest BCUT2D eigenvalue weighted by Gasteiger charge is -2.39. The Morgan fingerprint density at radius 3 is 2.52 bits per heavy atom. The van der Waals surface area contributed by atoms with Crippen LogP contribution in [0.15, 0.2) is 27.4 Å². The monoisotopic (exact) mass is 354 g/mol. The summed E-state index contributed by atoms with van der Waals surface area (Å²) in [5, 5.41) is 48.7. The number of benzene rings is 1. The van der Waals surface area contributed by atoms with Crippen molar-refractivity contribution in [1.82, 2.24) is 0 Å². The molecule has 3 rings (SSSR count). The van der Waals surface area contributed by atoms with Crippen LogP contribution in [0.3, 0.4) is 0 Å². The molecule has 2 aromatic rings. The van der Waals surface area contributed by atoms with Crippen LogP contribution in [0.1, 0.15) is 5.76 Å². The molecule has 2 heterocycles. The fourth-order valence-electron chi connectivity index (χ4n) is 2.73. The van der Waals surface area contributed by atoms with E-state index in [1.807, 2.05) is 0 Å². The van der Waals surface area contributed by atoms with Gasteiger partial charge in [0.25, 0.3) is 0 Å². The number of fused-ring (bicyclic) bond motifs is 1. The van der Waals surface area contributed by atoms with E-state index in [0.717, 1.165) is 6.07 Å². The van der Waals surface area contributed by atoms with Crippen molar-refractivity contribution >= 4 is 11.0 Å². The van der Waals surface area contributed by atoms with Gasteiger partial charge in [0, 0.05) is 18.2 Å². The molecule has 5 atom stereocenters. The van der Waals surface area contributed by atoms with Gasteiger partial charge in [-0.05, 0) is 6.92 Å². The van der Waals surface area contributed by atoms with Crippen LogP contribution in [0, 0.1) is 6.92 Å². The lowest BCUT2D eigenvalue weighted by molar-refractivity contribution is -0.277. The quantitative estimate of drug-likeness (QED) is 0.467. The van der Waals surface area contributed by atoms with Crippen LogP contribution < -0.4 is 10.2 Å². The first-order valence-electron chi connectivity index (χ1n) is 7.56. The molecule has 0 radical (unpaired) electrons. The minimum absolute atomic E-state index is 0.00285. The van der Waals surface area contributed by atoms with Crippen molar-refractivity contribution in [3.8, 4) is 11.5 Å². The molecule has 0 aliphatic carbocycles. The van der Waals surface area contributed by atoms with Gasteiger partial charge in [-0.3, -0.25) is 4.79 Å². The summed E-state index contributed by atoms with van der Waals surface area (Å²) >= 11 is 0. The Hall–Kier alpha value is -2.17. The first kappa shape index (κ1) is 17.6. The summed E-state index contributed by atoms with van der Waals surface area (Å²) in [5.74, 6) is -0.0455. The zero-order valence-electron chi connectivity index (χ0n) is 13.2. The number of phenols is 1. The van der Waals surface area contributed by atoms with Crippen LogP contribution >= 0.6 is 0 Å². The Balaban J connectivity index is 1.93. The molecule has 25 heavy (non-hydrogen) atoms. The third-order valence-electron chi connectivity index (χ3n) is 4.01. The molecule has 0 spiro atoms. The van der Waals surface area contributed by atoms with E-state index in [9.17, 15) is 30.3 Å². The number of aliphatic hydroxyl groups excluding tert-OH is 4. The standard InChI is InChI=1S/C16H18O9/c1-6-2-8(18)12-9(19)3-7(4-10(12)23-6)24-16-15(22)14(21)13(20)11(5-17)25-16/h2-4,11,13-17,19-22H,5H2,1H3. The van der Waals surface area contributed by atoms with Gasteiger partial charge in [-0.25, -0.2) is 0 Å². The van der Waals surface area contributed by atoms with Gasteiger partial charge in [-0.15, -0.1) is 0 Å². The van der Waals surface area contributed by atoms with Crippen molar-refractivity contribution in [2.24, 2.45) is 0 Å². The highest BCUT2D eigenvalue weighted by Gasteiger charge is 2.44.